The Kier molecular flexibility index (Phi) is 5.75. The van der Waals surface area contributed by atoms with E-state index in [0.29, 0.717) is 26.2 Å². The minimum atomic E-state index is 0.138. The molecular formula is C26H26N4O2. The average Bonchev–Trinajstić information content (AvgIpc) is 3.26. The lowest BCUT2D eigenvalue weighted by Crippen LogP contribution is -2.49. The molecule has 3 heterocycles. The molecule has 2 aromatic heterocycles. The zero-order chi connectivity index (χ0) is 21.8. The SMILES string of the molecule is O=C(Cn1ccc2ccc(OCc3ccccc3)cc21)N1CCN(c2ccccn2)CC1. The molecule has 1 aliphatic heterocycles. The Bertz CT molecular complexity index is 1180. The highest BCUT2D eigenvalue weighted by Gasteiger charge is 2.22. The van der Waals surface area contributed by atoms with Crippen molar-refractivity contribution in [3.05, 3.63) is 90.8 Å². The summed E-state index contributed by atoms with van der Waals surface area (Å²) in [5.74, 6) is 1.91. The third kappa shape index (κ3) is 4.44. The Morgan fingerprint density at radius 1 is 0.906 bits per heavy atom. The number of nitrogens with zero attached hydrogens (tertiary/aromatic N) is 4. The van der Waals surface area contributed by atoms with Crippen LogP contribution < -0.4 is 9.64 Å². The van der Waals surface area contributed by atoms with Crippen LogP contribution in [0.4, 0.5) is 5.82 Å². The number of carbonyl (C=O) groups excluding carboxylic acids is 1. The van der Waals surface area contributed by atoms with Gasteiger partial charge in [-0.25, -0.2) is 4.98 Å². The van der Waals surface area contributed by atoms with Crippen LogP contribution >= 0.6 is 0 Å². The molecule has 0 bridgehead atoms. The van der Waals surface area contributed by atoms with Crippen LogP contribution in [0.25, 0.3) is 10.9 Å². The van der Waals surface area contributed by atoms with Gasteiger partial charge in [-0.1, -0.05) is 36.4 Å². The standard InChI is InChI=1S/C26H26N4O2/c31-26(29-16-14-28(15-17-29)25-8-4-5-12-27-25)19-30-13-11-22-9-10-23(18-24(22)30)32-20-21-6-2-1-3-7-21/h1-13,18H,14-17,19-20H2. The number of anilines is 1. The lowest BCUT2D eigenvalue weighted by Gasteiger charge is -2.35. The minimum absolute atomic E-state index is 0.138. The topological polar surface area (TPSA) is 50.6 Å². The van der Waals surface area contributed by atoms with E-state index in [1.807, 2.05) is 94.7 Å². The average molecular weight is 427 g/mol. The van der Waals surface area contributed by atoms with Gasteiger partial charge < -0.3 is 19.1 Å². The molecule has 1 saturated heterocycles. The fourth-order valence-electron chi connectivity index (χ4n) is 4.10. The molecule has 5 rings (SSSR count). The van der Waals surface area contributed by atoms with Crippen LogP contribution in [-0.4, -0.2) is 46.5 Å². The molecule has 1 amide bonds. The van der Waals surface area contributed by atoms with Gasteiger partial charge in [-0.3, -0.25) is 4.79 Å². The number of piperazine rings is 1. The molecule has 0 spiro atoms. The number of hydrogen-bond acceptors (Lipinski definition) is 4. The fraction of sp³-hybridized carbons (Fsp3) is 0.231. The van der Waals surface area contributed by atoms with Crippen molar-refractivity contribution >= 4 is 22.6 Å². The predicted molar refractivity (Wildman–Crippen MR) is 126 cm³/mol. The van der Waals surface area contributed by atoms with Crippen LogP contribution in [0.15, 0.2) is 85.2 Å². The Balaban J connectivity index is 1.22. The van der Waals surface area contributed by atoms with E-state index in [4.69, 9.17) is 4.74 Å². The van der Waals surface area contributed by atoms with Crippen molar-refractivity contribution in [1.29, 1.82) is 0 Å². The number of amides is 1. The molecule has 1 aliphatic rings. The third-order valence-electron chi connectivity index (χ3n) is 5.90. The third-order valence-corrected chi connectivity index (χ3v) is 5.90. The van der Waals surface area contributed by atoms with Crippen molar-refractivity contribution in [1.82, 2.24) is 14.5 Å². The van der Waals surface area contributed by atoms with Gasteiger partial charge in [0.1, 0.15) is 24.7 Å². The highest BCUT2D eigenvalue weighted by molar-refractivity contribution is 5.84. The summed E-state index contributed by atoms with van der Waals surface area (Å²) in [6.45, 7) is 3.86. The van der Waals surface area contributed by atoms with E-state index in [1.54, 1.807) is 0 Å². The number of hydrogen-bond donors (Lipinski definition) is 0. The number of aromatic nitrogens is 2. The predicted octanol–water partition coefficient (Wildman–Crippen LogP) is 3.96. The van der Waals surface area contributed by atoms with Crippen molar-refractivity contribution in [2.45, 2.75) is 13.2 Å². The number of benzene rings is 2. The molecule has 0 aliphatic carbocycles. The molecule has 1 fully saturated rings. The molecule has 0 radical (unpaired) electrons. The van der Waals surface area contributed by atoms with Gasteiger partial charge >= 0.3 is 0 Å². The minimum Gasteiger partial charge on any atom is -0.489 e. The summed E-state index contributed by atoms with van der Waals surface area (Å²) in [4.78, 5) is 21.6. The van der Waals surface area contributed by atoms with Crippen LogP contribution in [0.5, 0.6) is 5.75 Å². The zero-order valence-corrected chi connectivity index (χ0v) is 17.9. The van der Waals surface area contributed by atoms with E-state index in [1.165, 1.54) is 0 Å². The summed E-state index contributed by atoms with van der Waals surface area (Å²) in [5.41, 5.74) is 2.14. The Morgan fingerprint density at radius 3 is 2.50 bits per heavy atom. The number of pyridine rings is 1. The van der Waals surface area contributed by atoms with Crippen LogP contribution in [0.3, 0.4) is 0 Å². The first-order valence-electron chi connectivity index (χ1n) is 11.0. The number of ether oxygens (including phenoxy) is 1. The summed E-state index contributed by atoms with van der Waals surface area (Å²) < 4.78 is 7.99. The molecular weight excluding hydrogens is 400 g/mol. The Hall–Kier alpha value is -3.80. The van der Waals surface area contributed by atoms with Gasteiger partial charge in [-0.15, -0.1) is 0 Å². The highest BCUT2D eigenvalue weighted by atomic mass is 16.5. The summed E-state index contributed by atoms with van der Waals surface area (Å²) in [6.07, 6.45) is 3.79. The molecule has 32 heavy (non-hydrogen) atoms. The lowest BCUT2D eigenvalue weighted by molar-refractivity contribution is -0.132. The molecule has 0 saturated carbocycles. The zero-order valence-electron chi connectivity index (χ0n) is 17.9. The maximum Gasteiger partial charge on any atom is 0.242 e. The van der Waals surface area contributed by atoms with Gasteiger partial charge in [-0.2, -0.15) is 0 Å². The van der Waals surface area contributed by atoms with E-state index in [9.17, 15) is 4.79 Å². The van der Waals surface area contributed by atoms with Crippen LogP contribution in [0.2, 0.25) is 0 Å². The second-order valence-electron chi connectivity index (χ2n) is 7.99. The van der Waals surface area contributed by atoms with Crippen molar-refractivity contribution < 1.29 is 9.53 Å². The smallest absolute Gasteiger partial charge is 0.242 e. The monoisotopic (exact) mass is 426 g/mol. The largest absolute Gasteiger partial charge is 0.489 e. The second kappa shape index (κ2) is 9.14. The molecule has 6 heteroatoms. The van der Waals surface area contributed by atoms with Gasteiger partial charge in [-0.05, 0) is 41.3 Å². The van der Waals surface area contributed by atoms with Gasteiger partial charge in [0, 0.05) is 44.6 Å². The Labute approximate surface area is 187 Å². The summed E-state index contributed by atoms with van der Waals surface area (Å²) >= 11 is 0. The highest BCUT2D eigenvalue weighted by Crippen LogP contribution is 2.23. The normalized spacial score (nSPS) is 14.0. The molecule has 2 aromatic carbocycles. The second-order valence-corrected chi connectivity index (χ2v) is 7.99. The maximum atomic E-state index is 13.0. The van der Waals surface area contributed by atoms with E-state index in [2.05, 4.69) is 9.88 Å². The van der Waals surface area contributed by atoms with Gasteiger partial charge in [0.15, 0.2) is 0 Å². The summed E-state index contributed by atoms with van der Waals surface area (Å²) in [7, 11) is 0. The van der Waals surface area contributed by atoms with Crippen LogP contribution in [-0.2, 0) is 17.9 Å². The molecule has 6 nitrogen and oxygen atoms in total. The summed E-state index contributed by atoms with van der Waals surface area (Å²) in [6, 6.07) is 24.1. The van der Waals surface area contributed by atoms with E-state index in [-0.39, 0.29) is 5.91 Å². The molecule has 0 N–H and O–H groups in total. The first-order chi connectivity index (χ1) is 15.8. The maximum absolute atomic E-state index is 13.0. The summed E-state index contributed by atoms with van der Waals surface area (Å²) in [5, 5.41) is 1.10. The van der Waals surface area contributed by atoms with Crippen molar-refractivity contribution in [3.63, 3.8) is 0 Å². The number of rotatable bonds is 6. The molecule has 0 unspecified atom stereocenters. The quantitative estimate of drug-likeness (QED) is 0.468. The Morgan fingerprint density at radius 2 is 1.72 bits per heavy atom. The molecule has 0 atom stereocenters. The van der Waals surface area contributed by atoms with E-state index < -0.39 is 0 Å². The van der Waals surface area contributed by atoms with Gasteiger partial charge in [0.2, 0.25) is 5.91 Å². The number of carbonyl (C=O) groups is 1. The van der Waals surface area contributed by atoms with E-state index >= 15 is 0 Å². The first-order valence-corrected chi connectivity index (χ1v) is 11.0. The number of fused-ring (bicyclic) bond motifs is 1. The van der Waals surface area contributed by atoms with Crippen LogP contribution in [0.1, 0.15) is 5.56 Å². The first kappa shape index (κ1) is 20.1. The fourth-order valence-corrected chi connectivity index (χ4v) is 4.10. The van der Waals surface area contributed by atoms with Crippen LogP contribution in [0, 0.1) is 0 Å². The van der Waals surface area contributed by atoms with E-state index in [0.717, 1.165) is 41.1 Å². The van der Waals surface area contributed by atoms with Crippen molar-refractivity contribution in [2.24, 2.45) is 0 Å². The molecule has 4 aromatic rings. The van der Waals surface area contributed by atoms with Crippen molar-refractivity contribution in [3.8, 4) is 5.75 Å². The van der Waals surface area contributed by atoms with Crippen molar-refractivity contribution in [2.75, 3.05) is 31.1 Å². The van der Waals surface area contributed by atoms with Gasteiger partial charge in [0.25, 0.3) is 0 Å². The molecule has 162 valence electrons. The lowest BCUT2D eigenvalue weighted by atomic mass is 10.2. The van der Waals surface area contributed by atoms with Gasteiger partial charge in [0.05, 0.1) is 5.52 Å².